The van der Waals surface area contributed by atoms with E-state index in [9.17, 15) is 4.79 Å². The van der Waals surface area contributed by atoms with Crippen LogP contribution in [0, 0.1) is 0 Å². The number of anilines is 1. The van der Waals surface area contributed by atoms with Gasteiger partial charge in [0.25, 0.3) is 0 Å². The maximum Gasteiger partial charge on any atom is 0.238 e. The van der Waals surface area contributed by atoms with Crippen LogP contribution in [0.4, 0.5) is 5.69 Å². The second-order valence-electron chi connectivity index (χ2n) is 4.74. The van der Waals surface area contributed by atoms with Gasteiger partial charge in [-0.3, -0.25) is 4.79 Å². The van der Waals surface area contributed by atoms with Crippen molar-refractivity contribution >= 4 is 11.6 Å². The number of amides is 1. The number of methoxy groups -OCH3 is 1. The van der Waals surface area contributed by atoms with Crippen molar-refractivity contribution in [1.29, 1.82) is 0 Å². The summed E-state index contributed by atoms with van der Waals surface area (Å²) in [6.45, 7) is 4.76. The van der Waals surface area contributed by atoms with Gasteiger partial charge in [0, 0.05) is 13.2 Å². The molecule has 0 fully saturated rings. The third-order valence-corrected chi connectivity index (χ3v) is 2.95. The zero-order valence-electron chi connectivity index (χ0n) is 13.0. The van der Waals surface area contributed by atoms with Gasteiger partial charge in [0.15, 0.2) is 0 Å². The van der Waals surface area contributed by atoms with Gasteiger partial charge in [0.05, 0.1) is 19.3 Å². The molecule has 0 atom stereocenters. The Hall–Kier alpha value is -1.59. The summed E-state index contributed by atoms with van der Waals surface area (Å²) in [7, 11) is 1.59. The fraction of sp³-hybridized carbons (Fsp3) is 0.562. The van der Waals surface area contributed by atoms with Crippen molar-refractivity contribution in [1.82, 2.24) is 5.32 Å². The fourth-order valence-electron chi connectivity index (χ4n) is 1.79. The highest BCUT2D eigenvalue weighted by Gasteiger charge is 2.05. The predicted molar refractivity (Wildman–Crippen MR) is 84.8 cm³/mol. The van der Waals surface area contributed by atoms with E-state index in [1.807, 2.05) is 24.3 Å². The summed E-state index contributed by atoms with van der Waals surface area (Å²) in [6, 6.07) is 7.36. The van der Waals surface area contributed by atoms with Crippen LogP contribution in [-0.2, 0) is 9.53 Å². The highest BCUT2D eigenvalue weighted by molar-refractivity contribution is 5.93. The summed E-state index contributed by atoms with van der Waals surface area (Å²) in [5.41, 5.74) is 0.690. The minimum absolute atomic E-state index is 0.0774. The van der Waals surface area contributed by atoms with Gasteiger partial charge in [-0.2, -0.15) is 0 Å². The summed E-state index contributed by atoms with van der Waals surface area (Å²) in [5, 5.41) is 5.92. The number of para-hydroxylation sites is 2. The molecule has 0 aliphatic carbocycles. The second-order valence-corrected chi connectivity index (χ2v) is 4.74. The molecule has 0 aromatic heterocycles. The second kappa shape index (κ2) is 11.1. The molecule has 0 aliphatic rings. The maximum atomic E-state index is 11.8. The van der Waals surface area contributed by atoms with Gasteiger partial charge in [-0.15, -0.1) is 0 Å². The summed E-state index contributed by atoms with van der Waals surface area (Å²) in [4.78, 5) is 11.8. The van der Waals surface area contributed by atoms with Gasteiger partial charge in [-0.1, -0.05) is 25.5 Å². The molecule has 0 aliphatic heterocycles. The average molecular weight is 294 g/mol. The number of hydrogen-bond acceptors (Lipinski definition) is 4. The number of rotatable bonds is 11. The topological polar surface area (TPSA) is 59.6 Å². The SMILES string of the molecule is CCCCOCCCNCC(=O)Nc1ccccc1OC. The molecule has 2 N–H and O–H groups in total. The van der Waals surface area contributed by atoms with E-state index in [2.05, 4.69) is 17.6 Å². The third-order valence-electron chi connectivity index (χ3n) is 2.95. The molecule has 1 aromatic carbocycles. The lowest BCUT2D eigenvalue weighted by molar-refractivity contribution is -0.115. The van der Waals surface area contributed by atoms with Crippen LogP contribution in [0.2, 0.25) is 0 Å². The Morgan fingerprint density at radius 1 is 1.19 bits per heavy atom. The van der Waals surface area contributed by atoms with Gasteiger partial charge in [0.1, 0.15) is 5.75 Å². The number of hydrogen-bond donors (Lipinski definition) is 2. The third kappa shape index (κ3) is 7.68. The average Bonchev–Trinajstić information content (AvgIpc) is 2.50. The summed E-state index contributed by atoms with van der Waals surface area (Å²) < 4.78 is 10.6. The maximum absolute atomic E-state index is 11.8. The first-order valence-corrected chi connectivity index (χ1v) is 7.49. The molecule has 0 heterocycles. The monoisotopic (exact) mass is 294 g/mol. The number of unbranched alkanes of at least 4 members (excludes halogenated alkanes) is 1. The van der Waals surface area contributed by atoms with Crippen LogP contribution in [0.5, 0.6) is 5.75 Å². The molecular formula is C16H26N2O3. The Kier molecular flexibility index (Phi) is 9.24. The van der Waals surface area contributed by atoms with Crippen LogP contribution < -0.4 is 15.4 Å². The van der Waals surface area contributed by atoms with Gasteiger partial charge in [0.2, 0.25) is 5.91 Å². The van der Waals surface area contributed by atoms with E-state index in [1.165, 1.54) is 0 Å². The van der Waals surface area contributed by atoms with Crippen LogP contribution >= 0.6 is 0 Å². The molecule has 0 unspecified atom stereocenters. The Labute approximate surface area is 127 Å². The lowest BCUT2D eigenvalue weighted by Crippen LogP contribution is -2.29. The van der Waals surface area contributed by atoms with Crippen molar-refractivity contribution in [2.45, 2.75) is 26.2 Å². The van der Waals surface area contributed by atoms with E-state index >= 15 is 0 Å². The van der Waals surface area contributed by atoms with Crippen molar-refractivity contribution in [3.05, 3.63) is 24.3 Å². The van der Waals surface area contributed by atoms with E-state index in [4.69, 9.17) is 9.47 Å². The van der Waals surface area contributed by atoms with E-state index in [-0.39, 0.29) is 12.5 Å². The Morgan fingerprint density at radius 3 is 2.71 bits per heavy atom. The predicted octanol–water partition coefficient (Wildman–Crippen LogP) is 2.43. The van der Waals surface area contributed by atoms with Crippen LogP contribution in [-0.4, -0.2) is 39.3 Å². The molecule has 21 heavy (non-hydrogen) atoms. The van der Waals surface area contributed by atoms with Crippen molar-refractivity contribution < 1.29 is 14.3 Å². The first kappa shape index (κ1) is 17.5. The lowest BCUT2D eigenvalue weighted by Gasteiger charge is -2.10. The van der Waals surface area contributed by atoms with E-state index in [1.54, 1.807) is 7.11 Å². The Morgan fingerprint density at radius 2 is 1.95 bits per heavy atom. The molecule has 0 bridgehead atoms. The Balaban J connectivity index is 2.11. The fourth-order valence-corrected chi connectivity index (χ4v) is 1.79. The smallest absolute Gasteiger partial charge is 0.238 e. The summed E-state index contributed by atoms with van der Waals surface area (Å²) >= 11 is 0. The number of benzene rings is 1. The van der Waals surface area contributed by atoms with Crippen molar-refractivity contribution in [3.8, 4) is 5.75 Å². The van der Waals surface area contributed by atoms with Crippen LogP contribution in [0.25, 0.3) is 0 Å². The van der Waals surface area contributed by atoms with Crippen LogP contribution in [0.1, 0.15) is 26.2 Å². The van der Waals surface area contributed by atoms with Crippen LogP contribution in [0.3, 0.4) is 0 Å². The molecule has 1 amide bonds. The molecule has 0 radical (unpaired) electrons. The molecule has 5 nitrogen and oxygen atoms in total. The van der Waals surface area contributed by atoms with Crippen LogP contribution in [0.15, 0.2) is 24.3 Å². The lowest BCUT2D eigenvalue weighted by atomic mass is 10.3. The molecule has 1 rings (SSSR count). The molecule has 5 heteroatoms. The zero-order valence-corrected chi connectivity index (χ0v) is 13.0. The van der Waals surface area contributed by atoms with Crippen molar-refractivity contribution in [2.75, 3.05) is 38.7 Å². The standard InChI is InChI=1S/C16H26N2O3/c1-3-4-11-21-12-7-10-17-13-16(19)18-14-8-5-6-9-15(14)20-2/h5-6,8-9,17H,3-4,7,10-13H2,1-2H3,(H,18,19). The number of ether oxygens (including phenoxy) is 2. The van der Waals surface area contributed by atoms with Gasteiger partial charge >= 0.3 is 0 Å². The van der Waals surface area contributed by atoms with E-state index in [0.29, 0.717) is 11.4 Å². The molecular weight excluding hydrogens is 268 g/mol. The number of carbonyl (C=O) groups excluding carboxylic acids is 1. The normalized spacial score (nSPS) is 10.4. The minimum Gasteiger partial charge on any atom is -0.495 e. The van der Waals surface area contributed by atoms with E-state index < -0.39 is 0 Å². The summed E-state index contributed by atoms with van der Waals surface area (Å²) in [6.07, 6.45) is 3.17. The van der Waals surface area contributed by atoms with Gasteiger partial charge < -0.3 is 20.1 Å². The molecule has 118 valence electrons. The highest BCUT2D eigenvalue weighted by atomic mass is 16.5. The highest BCUT2D eigenvalue weighted by Crippen LogP contribution is 2.22. The number of carbonyl (C=O) groups is 1. The van der Waals surface area contributed by atoms with Crippen molar-refractivity contribution in [3.63, 3.8) is 0 Å². The largest absolute Gasteiger partial charge is 0.495 e. The van der Waals surface area contributed by atoms with Gasteiger partial charge in [-0.25, -0.2) is 0 Å². The molecule has 0 saturated heterocycles. The van der Waals surface area contributed by atoms with Crippen molar-refractivity contribution in [2.24, 2.45) is 0 Å². The molecule has 1 aromatic rings. The molecule has 0 spiro atoms. The first-order valence-electron chi connectivity index (χ1n) is 7.49. The van der Waals surface area contributed by atoms with E-state index in [0.717, 1.165) is 39.0 Å². The zero-order chi connectivity index (χ0) is 15.3. The Bertz CT molecular complexity index is 410. The van der Waals surface area contributed by atoms with Gasteiger partial charge in [-0.05, 0) is 31.5 Å². The summed E-state index contributed by atoms with van der Waals surface area (Å²) in [5.74, 6) is 0.585. The number of nitrogens with one attached hydrogen (secondary N) is 2. The quantitative estimate of drug-likeness (QED) is 0.615. The molecule has 0 saturated carbocycles. The first-order chi connectivity index (χ1) is 10.3. The minimum atomic E-state index is -0.0774.